The van der Waals surface area contributed by atoms with Crippen molar-refractivity contribution < 1.29 is 9.59 Å². The van der Waals surface area contributed by atoms with Crippen molar-refractivity contribution >= 4 is 23.2 Å². The maximum absolute atomic E-state index is 11.8. The second-order valence-corrected chi connectivity index (χ2v) is 4.40. The van der Waals surface area contributed by atoms with Gasteiger partial charge in [-0.2, -0.15) is 0 Å². The van der Waals surface area contributed by atoms with Gasteiger partial charge in [0.15, 0.2) is 0 Å². The molecule has 1 saturated heterocycles. The lowest BCUT2D eigenvalue weighted by Crippen LogP contribution is -2.24. The van der Waals surface area contributed by atoms with Gasteiger partial charge in [0.2, 0.25) is 0 Å². The molecule has 1 aromatic carbocycles. The van der Waals surface area contributed by atoms with E-state index < -0.39 is 0 Å². The van der Waals surface area contributed by atoms with Crippen LogP contribution in [0.5, 0.6) is 0 Å². The van der Waals surface area contributed by atoms with Crippen molar-refractivity contribution in [2.45, 2.75) is 12.8 Å². The topological polar surface area (TPSA) is 75.4 Å². The first-order valence-electron chi connectivity index (χ1n) is 5.71. The molecule has 5 heteroatoms. The summed E-state index contributed by atoms with van der Waals surface area (Å²) in [5.74, 6) is -0.662. The Morgan fingerprint density at radius 1 is 1.12 bits per heavy atom. The summed E-state index contributed by atoms with van der Waals surface area (Å²) in [5.41, 5.74) is 8.12. The van der Waals surface area contributed by atoms with Crippen molar-refractivity contribution in [1.82, 2.24) is 5.32 Å². The van der Waals surface area contributed by atoms with Crippen molar-refractivity contribution in [2.24, 2.45) is 0 Å². The van der Waals surface area contributed by atoms with E-state index in [1.165, 1.54) is 0 Å². The molecule has 88 valence electrons. The Bertz CT molecular complexity index is 519. The van der Waals surface area contributed by atoms with E-state index in [1.54, 1.807) is 12.1 Å². The lowest BCUT2D eigenvalue weighted by molar-refractivity contribution is 0.0880. The predicted octanol–water partition coefficient (Wildman–Crippen LogP) is 0.753. The third-order valence-electron chi connectivity index (χ3n) is 3.33. The molecule has 0 saturated carbocycles. The van der Waals surface area contributed by atoms with Gasteiger partial charge in [0, 0.05) is 13.1 Å². The Balaban J connectivity index is 2.20. The number of imide groups is 1. The largest absolute Gasteiger partial charge is 0.397 e. The van der Waals surface area contributed by atoms with E-state index >= 15 is 0 Å². The minimum atomic E-state index is -0.334. The van der Waals surface area contributed by atoms with Crippen LogP contribution in [0.15, 0.2) is 12.1 Å². The van der Waals surface area contributed by atoms with E-state index in [0.717, 1.165) is 31.6 Å². The molecule has 2 aliphatic heterocycles. The van der Waals surface area contributed by atoms with Crippen LogP contribution in [-0.4, -0.2) is 24.9 Å². The summed E-state index contributed by atoms with van der Waals surface area (Å²) in [6.45, 7) is 1.78. The fourth-order valence-corrected chi connectivity index (χ4v) is 2.54. The molecule has 0 aromatic heterocycles. The average Bonchev–Trinajstić information content (AvgIpc) is 2.89. The first kappa shape index (κ1) is 10.1. The van der Waals surface area contributed by atoms with Crippen LogP contribution >= 0.6 is 0 Å². The molecular formula is C12H13N3O2. The molecule has 1 aromatic rings. The van der Waals surface area contributed by atoms with Gasteiger partial charge < -0.3 is 10.6 Å². The Labute approximate surface area is 98.6 Å². The number of nitrogens with zero attached hydrogens (tertiary/aromatic N) is 1. The number of amides is 2. The monoisotopic (exact) mass is 231 g/mol. The normalized spacial score (nSPS) is 18.5. The number of anilines is 2. The van der Waals surface area contributed by atoms with Gasteiger partial charge in [0.1, 0.15) is 0 Å². The van der Waals surface area contributed by atoms with E-state index in [-0.39, 0.29) is 11.8 Å². The van der Waals surface area contributed by atoms with Gasteiger partial charge in [0.25, 0.3) is 11.8 Å². The first-order chi connectivity index (χ1) is 8.18. The molecule has 17 heavy (non-hydrogen) atoms. The highest BCUT2D eigenvalue weighted by molar-refractivity contribution is 6.24. The molecule has 0 radical (unpaired) electrons. The zero-order chi connectivity index (χ0) is 12.0. The molecule has 3 rings (SSSR count). The molecule has 2 amide bonds. The van der Waals surface area contributed by atoms with Gasteiger partial charge in [-0.3, -0.25) is 14.9 Å². The Kier molecular flexibility index (Phi) is 2.07. The molecule has 2 heterocycles. The molecule has 5 nitrogen and oxygen atoms in total. The van der Waals surface area contributed by atoms with Crippen molar-refractivity contribution in [2.75, 3.05) is 23.7 Å². The third-order valence-corrected chi connectivity index (χ3v) is 3.33. The molecule has 0 aliphatic carbocycles. The number of hydrogen-bond acceptors (Lipinski definition) is 4. The van der Waals surface area contributed by atoms with E-state index in [1.807, 2.05) is 0 Å². The lowest BCUT2D eigenvalue weighted by Gasteiger charge is -2.21. The molecule has 0 unspecified atom stereocenters. The summed E-state index contributed by atoms with van der Waals surface area (Å²) in [6.07, 6.45) is 2.19. The number of hydrogen-bond donors (Lipinski definition) is 2. The van der Waals surface area contributed by atoms with Gasteiger partial charge in [-0.25, -0.2) is 0 Å². The number of carbonyl (C=O) groups is 2. The second-order valence-electron chi connectivity index (χ2n) is 4.40. The number of nitrogens with one attached hydrogen (secondary N) is 1. The summed E-state index contributed by atoms with van der Waals surface area (Å²) in [6, 6.07) is 3.31. The summed E-state index contributed by atoms with van der Waals surface area (Å²) in [5, 5.41) is 2.31. The van der Waals surface area contributed by atoms with Crippen LogP contribution in [-0.2, 0) is 0 Å². The zero-order valence-corrected chi connectivity index (χ0v) is 9.32. The summed E-state index contributed by atoms with van der Waals surface area (Å²) < 4.78 is 0. The van der Waals surface area contributed by atoms with E-state index in [9.17, 15) is 9.59 Å². The van der Waals surface area contributed by atoms with E-state index in [2.05, 4.69) is 10.2 Å². The summed E-state index contributed by atoms with van der Waals surface area (Å²) >= 11 is 0. The highest BCUT2D eigenvalue weighted by atomic mass is 16.2. The molecule has 0 bridgehead atoms. The van der Waals surface area contributed by atoms with Crippen molar-refractivity contribution in [3.63, 3.8) is 0 Å². The zero-order valence-electron chi connectivity index (χ0n) is 9.32. The van der Waals surface area contributed by atoms with Gasteiger partial charge in [-0.1, -0.05) is 0 Å². The van der Waals surface area contributed by atoms with Gasteiger partial charge >= 0.3 is 0 Å². The predicted molar refractivity (Wildman–Crippen MR) is 64.1 cm³/mol. The Morgan fingerprint density at radius 2 is 1.82 bits per heavy atom. The van der Waals surface area contributed by atoms with E-state index in [0.29, 0.717) is 16.8 Å². The van der Waals surface area contributed by atoms with Crippen LogP contribution in [0.2, 0.25) is 0 Å². The van der Waals surface area contributed by atoms with Crippen LogP contribution in [0, 0.1) is 0 Å². The summed E-state index contributed by atoms with van der Waals surface area (Å²) in [4.78, 5) is 25.4. The van der Waals surface area contributed by atoms with Crippen LogP contribution in [0.1, 0.15) is 33.6 Å². The highest BCUT2D eigenvalue weighted by Gasteiger charge is 2.33. The number of nitrogen functional groups attached to an aromatic ring is 1. The van der Waals surface area contributed by atoms with Crippen molar-refractivity contribution in [3.8, 4) is 0 Å². The van der Waals surface area contributed by atoms with Crippen molar-refractivity contribution in [3.05, 3.63) is 23.3 Å². The number of benzene rings is 1. The lowest BCUT2D eigenvalue weighted by atomic mass is 10.0. The quantitative estimate of drug-likeness (QED) is 0.552. The molecule has 2 aliphatic rings. The number of fused-ring (bicyclic) bond motifs is 1. The van der Waals surface area contributed by atoms with Gasteiger partial charge in [-0.05, 0) is 25.0 Å². The molecule has 0 atom stereocenters. The Morgan fingerprint density at radius 3 is 2.53 bits per heavy atom. The van der Waals surface area contributed by atoms with Crippen LogP contribution in [0.3, 0.4) is 0 Å². The molecular weight excluding hydrogens is 218 g/mol. The van der Waals surface area contributed by atoms with Crippen LogP contribution < -0.4 is 16.0 Å². The first-order valence-corrected chi connectivity index (χ1v) is 5.71. The number of rotatable bonds is 1. The van der Waals surface area contributed by atoms with Crippen LogP contribution in [0.4, 0.5) is 11.4 Å². The molecule has 3 N–H and O–H groups in total. The number of carbonyl (C=O) groups excluding carboxylic acids is 2. The average molecular weight is 231 g/mol. The van der Waals surface area contributed by atoms with Crippen LogP contribution in [0.25, 0.3) is 0 Å². The number of nitrogens with two attached hydrogens (primary N) is 1. The smallest absolute Gasteiger partial charge is 0.261 e. The highest BCUT2D eigenvalue weighted by Crippen LogP contribution is 2.35. The van der Waals surface area contributed by atoms with Crippen molar-refractivity contribution in [1.29, 1.82) is 0 Å². The minimum absolute atomic E-state index is 0.328. The maximum Gasteiger partial charge on any atom is 0.261 e. The van der Waals surface area contributed by atoms with Gasteiger partial charge in [-0.15, -0.1) is 0 Å². The standard InChI is InChI=1S/C12H13N3O2/c13-8-4-3-7-9(12(17)14-11(7)16)10(8)15-5-1-2-6-15/h3-4H,1-2,5-6,13H2,(H,14,16,17). The Hall–Kier alpha value is -2.04. The van der Waals surface area contributed by atoms with E-state index in [4.69, 9.17) is 5.73 Å². The minimum Gasteiger partial charge on any atom is -0.397 e. The SMILES string of the molecule is Nc1ccc2c(c1N1CCCC1)C(=O)NC2=O. The van der Waals surface area contributed by atoms with Gasteiger partial charge in [0.05, 0.1) is 22.5 Å². The second kappa shape index (κ2) is 3.48. The third kappa shape index (κ3) is 1.39. The summed E-state index contributed by atoms with van der Waals surface area (Å²) in [7, 11) is 0. The molecule has 1 fully saturated rings. The molecule has 0 spiro atoms. The fraction of sp³-hybridized carbons (Fsp3) is 0.333. The fourth-order valence-electron chi connectivity index (χ4n) is 2.54. The maximum atomic E-state index is 11.8.